The maximum absolute atomic E-state index is 11.9. The summed E-state index contributed by atoms with van der Waals surface area (Å²) in [7, 11) is 0. The van der Waals surface area contributed by atoms with Gasteiger partial charge in [-0.1, -0.05) is 71.3 Å². The molecular weight excluding hydrogens is 384 g/mol. The lowest BCUT2D eigenvalue weighted by atomic mass is 10.1. The lowest BCUT2D eigenvalue weighted by Crippen LogP contribution is -2.03. The van der Waals surface area contributed by atoms with Gasteiger partial charge in [-0.05, 0) is 55.5 Å². The molecule has 2 aromatic rings. The molecule has 0 aliphatic heterocycles. The van der Waals surface area contributed by atoms with Crippen LogP contribution in [0.25, 0.3) is 11.4 Å². The molecule has 1 heterocycles. The quantitative estimate of drug-likeness (QED) is 0.129. The van der Waals surface area contributed by atoms with Crippen LogP contribution in [0.15, 0.2) is 48.8 Å². The number of aryl methyl sites for hydroxylation is 1. The average molecular weight is 423 g/mol. The van der Waals surface area contributed by atoms with Gasteiger partial charge in [0, 0.05) is 24.0 Å². The van der Waals surface area contributed by atoms with Crippen molar-refractivity contribution in [1.29, 1.82) is 0 Å². The molecule has 0 saturated carbocycles. The largest absolute Gasteiger partial charge is 0.423 e. The minimum atomic E-state index is -0.338. The summed E-state index contributed by atoms with van der Waals surface area (Å²) in [6.45, 7) is 4.42. The predicted octanol–water partition coefficient (Wildman–Crippen LogP) is 7.48. The molecule has 0 radical (unpaired) electrons. The van der Waals surface area contributed by atoms with Gasteiger partial charge in [0.15, 0.2) is 5.82 Å². The first kappa shape index (κ1) is 24.8. The summed E-state index contributed by atoms with van der Waals surface area (Å²) < 4.78 is 5.35. The summed E-state index contributed by atoms with van der Waals surface area (Å²) in [5.74, 6) is 0.884. The number of esters is 1. The second-order valence-corrected chi connectivity index (χ2v) is 8.13. The maximum atomic E-state index is 11.9. The minimum Gasteiger partial charge on any atom is -0.423 e. The third-order valence-corrected chi connectivity index (χ3v) is 5.33. The summed E-state index contributed by atoms with van der Waals surface area (Å²) in [6, 6.07) is 7.35. The second-order valence-electron chi connectivity index (χ2n) is 8.13. The van der Waals surface area contributed by atoms with E-state index in [0.29, 0.717) is 11.6 Å². The molecule has 0 spiro atoms. The Labute approximate surface area is 188 Å². The molecule has 168 valence electrons. The Hall–Kier alpha value is -2.49. The van der Waals surface area contributed by atoms with Crippen molar-refractivity contribution in [2.45, 2.75) is 90.9 Å². The Morgan fingerprint density at radius 2 is 1.45 bits per heavy atom. The number of carbonyl (C=O) groups excluding carboxylic acids is 1. The molecule has 31 heavy (non-hydrogen) atoms. The predicted molar refractivity (Wildman–Crippen MR) is 128 cm³/mol. The van der Waals surface area contributed by atoms with Crippen LogP contribution in [0, 0.1) is 0 Å². The normalized spacial score (nSPS) is 11.2. The van der Waals surface area contributed by atoms with E-state index in [2.05, 4.69) is 23.8 Å². The summed E-state index contributed by atoms with van der Waals surface area (Å²) in [5.41, 5.74) is 2.10. The minimum absolute atomic E-state index is 0.338. The zero-order valence-electron chi connectivity index (χ0n) is 19.3. The van der Waals surface area contributed by atoms with Gasteiger partial charge in [0.2, 0.25) is 0 Å². The van der Waals surface area contributed by atoms with Crippen LogP contribution in [0.1, 0.15) is 90.0 Å². The second kappa shape index (κ2) is 15.3. The van der Waals surface area contributed by atoms with E-state index in [1.165, 1.54) is 69.4 Å². The van der Waals surface area contributed by atoms with Crippen molar-refractivity contribution in [1.82, 2.24) is 9.97 Å². The Morgan fingerprint density at radius 1 is 0.839 bits per heavy atom. The van der Waals surface area contributed by atoms with Gasteiger partial charge >= 0.3 is 5.97 Å². The summed E-state index contributed by atoms with van der Waals surface area (Å²) in [6.07, 6.45) is 21.8. The number of nitrogens with zero attached hydrogens (tertiary/aromatic N) is 2. The number of hydrogen-bond acceptors (Lipinski definition) is 4. The summed E-state index contributed by atoms with van der Waals surface area (Å²) >= 11 is 0. The fraction of sp³-hybridized carbons (Fsp3) is 0.519. The lowest BCUT2D eigenvalue weighted by molar-refractivity contribution is -0.129. The van der Waals surface area contributed by atoms with Gasteiger partial charge in [-0.15, -0.1) is 0 Å². The van der Waals surface area contributed by atoms with Crippen molar-refractivity contribution < 1.29 is 9.53 Å². The molecule has 0 bridgehead atoms. The van der Waals surface area contributed by atoms with Gasteiger partial charge in [0.1, 0.15) is 5.75 Å². The standard InChI is InChI=1S/C27H38N2O2/c1-3-5-7-9-10-12-13-15-23-21-28-27(29-22-23)24-17-19-25(20-18-24)31-26(30)16-14-11-8-6-4-2/h14,16-22H,3-13,15H2,1-2H3. The van der Waals surface area contributed by atoms with Crippen molar-refractivity contribution >= 4 is 5.97 Å². The SMILES string of the molecule is CCCCCC=CC(=O)Oc1ccc(-c2ncc(CCCCCCCCC)cn2)cc1. The van der Waals surface area contributed by atoms with Crippen molar-refractivity contribution in [3.05, 3.63) is 54.4 Å². The Balaban J connectivity index is 1.75. The molecule has 0 unspecified atom stereocenters. The highest BCUT2D eigenvalue weighted by Gasteiger charge is 2.05. The highest BCUT2D eigenvalue weighted by molar-refractivity contribution is 5.84. The van der Waals surface area contributed by atoms with Crippen LogP contribution >= 0.6 is 0 Å². The molecule has 2 rings (SSSR count). The molecule has 0 aliphatic rings. The average Bonchev–Trinajstić information content (AvgIpc) is 2.79. The zero-order chi connectivity index (χ0) is 22.2. The molecule has 0 atom stereocenters. The third kappa shape index (κ3) is 10.4. The number of carbonyl (C=O) groups is 1. The van der Waals surface area contributed by atoms with Crippen LogP contribution in [-0.2, 0) is 11.2 Å². The van der Waals surface area contributed by atoms with E-state index in [1.807, 2.05) is 30.6 Å². The maximum Gasteiger partial charge on any atom is 0.335 e. The molecule has 1 aromatic heterocycles. The van der Waals surface area contributed by atoms with Crippen LogP contribution in [0.5, 0.6) is 5.75 Å². The number of aromatic nitrogens is 2. The van der Waals surface area contributed by atoms with Gasteiger partial charge in [0.05, 0.1) is 0 Å². The highest BCUT2D eigenvalue weighted by atomic mass is 16.5. The van der Waals surface area contributed by atoms with E-state index >= 15 is 0 Å². The lowest BCUT2D eigenvalue weighted by Gasteiger charge is -2.05. The molecule has 0 fully saturated rings. The van der Waals surface area contributed by atoms with Crippen molar-refractivity contribution in [3.8, 4) is 17.1 Å². The van der Waals surface area contributed by atoms with Crippen LogP contribution in [0.2, 0.25) is 0 Å². The Morgan fingerprint density at radius 3 is 2.13 bits per heavy atom. The first-order valence-electron chi connectivity index (χ1n) is 12.0. The summed E-state index contributed by atoms with van der Waals surface area (Å²) in [4.78, 5) is 20.9. The number of unbranched alkanes of at least 4 members (excludes halogenated alkanes) is 9. The molecular formula is C27H38N2O2. The molecule has 0 amide bonds. The Bertz CT molecular complexity index is 767. The van der Waals surface area contributed by atoms with E-state index in [1.54, 1.807) is 12.1 Å². The number of rotatable bonds is 15. The van der Waals surface area contributed by atoms with Gasteiger partial charge in [0.25, 0.3) is 0 Å². The molecule has 4 nitrogen and oxygen atoms in total. The molecule has 4 heteroatoms. The third-order valence-electron chi connectivity index (χ3n) is 5.33. The Kier molecular flexibility index (Phi) is 12.3. The van der Waals surface area contributed by atoms with Crippen LogP contribution in [-0.4, -0.2) is 15.9 Å². The number of ether oxygens (including phenoxy) is 1. The van der Waals surface area contributed by atoms with E-state index in [0.717, 1.165) is 24.8 Å². The van der Waals surface area contributed by atoms with Crippen LogP contribution in [0.4, 0.5) is 0 Å². The van der Waals surface area contributed by atoms with E-state index in [9.17, 15) is 4.79 Å². The first-order valence-corrected chi connectivity index (χ1v) is 12.0. The fourth-order valence-electron chi connectivity index (χ4n) is 3.43. The fourth-order valence-corrected chi connectivity index (χ4v) is 3.43. The van der Waals surface area contributed by atoms with E-state index in [-0.39, 0.29) is 5.97 Å². The van der Waals surface area contributed by atoms with Gasteiger partial charge in [-0.2, -0.15) is 0 Å². The van der Waals surface area contributed by atoms with Crippen LogP contribution in [0.3, 0.4) is 0 Å². The van der Waals surface area contributed by atoms with Crippen molar-refractivity contribution in [3.63, 3.8) is 0 Å². The van der Waals surface area contributed by atoms with Crippen molar-refractivity contribution in [2.75, 3.05) is 0 Å². The van der Waals surface area contributed by atoms with E-state index < -0.39 is 0 Å². The van der Waals surface area contributed by atoms with Gasteiger partial charge in [-0.25, -0.2) is 14.8 Å². The summed E-state index contributed by atoms with van der Waals surface area (Å²) in [5, 5.41) is 0. The molecule has 0 saturated heterocycles. The first-order chi connectivity index (χ1) is 15.2. The van der Waals surface area contributed by atoms with Gasteiger partial charge < -0.3 is 4.74 Å². The molecule has 0 N–H and O–H groups in total. The van der Waals surface area contributed by atoms with E-state index in [4.69, 9.17) is 4.74 Å². The number of allylic oxidation sites excluding steroid dienone is 1. The van der Waals surface area contributed by atoms with Gasteiger partial charge in [-0.3, -0.25) is 0 Å². The molecule has 1 aromatic carbocycles. The number of benzene rings is 1. The zero-order valence-corrected chi connectivity index (χ0v) is 19.3. The monoisotopic (exact) mass is 422 g/mol. The van der Waals surface area contributed by atoms with Crippen molar-refractivity contribution in [2.24, 2.45) is 0 Å². The highest BCUT2D eigenvalue weighted by Crippen LogP contribution is 2.20. The van der Waals surface area contributed by atoms with Crippen LogP contribution < -0.4 is 4.74 Å². The molecule has 0 aliphatic carbocycles. The topological polar surface area (TPSA) is 52.1 Å². The number of hydrogen-bond donors (Lipinski definition) is 0. The smallest absolute Gasteiger partial charge is 0.335 e.